The van der Waals surface area contributed by atoms with Crippen molar-refractivity contribution in [2.45, 2.75) is 0 Å². The summed E-state index contributed by atoms with van der Waals surface area (Å²) in [7, 11) is -27.8. The van der Waals surface area contributed by atoms with Gasteiger partial charge in [-0.2, -0.15) is 0 Å². The molecule has 0 unspecified atom stereocenters. The Morgan fingerprint density at radius 1 is 0.273 bits per heavy atom. The van der Waals surface area contributed by atoms with E-state index in [-0.39, 0.29) is 50.0 Å². The molecule has 33 heteroatoms. The summed E-state index contributed by atoms with van der Waals surface area (Å²) in [6.07, 6.45) is 0. The van der Waals surface area contributed by atoms with Gasteiger partial charge in [0.25, 0.3) is 0 Å². The van der Waals surface area contributed by atoms with Crippen LogP contribution < -0.4 is 0 Å². The molecule has 0 aromatic heterocycles. The first kappa shape index (κ1) is 59.7. The van der Waals surface area contributed by atoms with Crippen LogP contribution in [0.4, 0.5) is 9.41 Å². The first-order valence-electron chi connectivity index (χ1n) is 4.70. The van der Waals surface area contributed by atoms with Crippen molar-refractivity contribution in [1.82, 2.24) is 0 Å². The second-order valence-corrected chi connectivity index (χ2v) is 9.24. The van der Waals surface area contributed by atoms with Crippen LogP contribution in [0, 0.1) is 0 Å². The maximum Gasteiger partial charge on any atom is 2.00 e. The molecule has 0 aromatic carbocycles. The van der Waals surface area contributed by atoms with Crippen molar-refractivity contribution >= 4 is 84.7 Å². The van der Waals surface area contributed by atoms with Crippen LogP contribution in [0.2, 0.25) is 0 Å². The van der Waals surface area contributed by atoms with Gasteiger partial charge in [0.05, 0.1) is 0 Å². The summed E-state index contributed by atoms with van der Waals surface area (Å²) in [5.41, 5.74) is 0. The van der Waals surface area contributed by atoms with E-state index < -0.39 is 46.9 Å². The van der Waals surface area contributed by atoms with Crippen molar-refractivity contribution in [3.63, 3.8) is 0 Å². The Hall–Kier alpha value is 1.78. The third-order valence-electron chi connectivity index (χ3n) is 0. The van der Waals surface area contributed by atoms with Crippen LogP contribution in [-0.2, 0) is 27.4 Å². The summed E-state index contributed by atoms with van der Waals surface area (Å²) in [6, 6.07) is 0. The van der Waals surface area contributed by atoms with E-state index in [1.165, 1.54) is 0 Å². The van der Waals surface area contributed by atoms with Gasteiger partial charge >= 0.3 is 84.7 Å². The zero-order valence-corrected chi connectivity index (χ0v) is 22.3. The van der Waals surface area contributed by atoms with Gasteiger partial charge in [0, 0.05) is 0 Å². The zero-order chi connectivity index (χ0) is 27.0. The summed E-state index contributed by atoms with van der Waals surface area (Å²) in [6.45, 7) is 0. The van der Waals surface area contributed by atoms with Gasteiger partial charge in [-0.15, -0.1) is 0 Å². The van der Waals surface area contributed by atoms with Crippen LogP contribution in [-0.4, -0.2) is 126 Å². The maximum absolute atomic E-state index is 8.88. The Labute approximate surface area is 212 Å². The van der Waals surface area contributed by atoms with Crippen molar-refractivity contribution in [2.75, 3.05) is 0 Å². The SMILES string of the molecule is F.F.O=P(O)(O)O.O=P(O)(O)O.O=P(O)(O)O.O=P(O)(O)O.O=P(O)(O)O.O=P(O)(O)O.[Ca+2].[H-].[H-]. The first-order valence-corrected chi connectivity index (χ1v) is 14.1. The van der Waals surface area contributed by atoms with Gasteiger partial charge in [-0.05, 0) is 0 Å². The number of hydrogen-bond acceptors (Lipinski definition) is 6. The molecule has 0 heterocycles. The molecule has 212 valence electrons. The van der Waals surface area contributed by atoms with Crippen LogP contribution in [0.1, 0.15) is 2.85 Å². The van der Waals surface area contributed by atoms with E-state index in [2.05, 4.69) is 0 Å². The van der Waals surface area contributed by atoms with E-state index in [0.29, 0.717) is 0 Å². The van der Waals surface area contributed by atoms with Crippen LogP contribution in [0.3, 0.4) is 0 Å². The molecule has 0 saturated heterocycles. The summed E-state index contributed by atoms with van der Waals surface area (Å²) in [5.74, 6) is 0. The monoisotopic (exact) mass is 670 g/mol. The molecule has 18 N–H and O–H groups in total. The summed E-state index contributed by atoms with van der Waals surface area (Å²) in [4.78, 5) is 129. The van der Waals surface area contributed by atoms with E-state index in [9.17, 15) is 0 Å². The van der Waals surface area contributed by atoms with Crippen LogP contribution in [0.25, 0.3) is 0 Å². The Morgan fingerprint density at radius 3 is 0.273 bits per heavy atom. The zero-order valence-electron chi connectivity index (χ0n) is 16.7. The van der Waals surface area contributed by atoms with E-state index in [4.69, 9.17) is 115 Å². The molecule has 0 amide bonds. The molecular formula is H22CaF2O24P6. The first-order chi connectivity index (χ1) is 12.0. The number of phosphoric acid groups is 6. The number of rotatable bonds is 0. The van der Waals surface area contributed by atoms with E-state index in [0.717, 1.165) is 0 Å². The molecule has 0 aromatic rings. The smallest absolute Gasteiger partial charge is 1.00 e. The average Bonchev–Trinajstić information content (AvgIpc) is 1.94. The van der Waals surface area contributed by atoms with Gasteiger partial charge in [-0.25, -0.2) is 27.4 Å². The second kappa shape index (κ2) is 25.4. The summed E-state index contributed by atoms with van der Waals surface area (Å²) in [5, 5.41) is 0. The molecule has 0 fully saturated rings. The molecule has 0 aliphatic carbocycles. The molecule has 0 radical (unpaired) electrons. The predicted molar refractivity (Wildman–Crippen MR) is 98.6 cm³/mol. The quantitative estimate of drug-likeness (QED) is 0.0844. The van der Waals surface area contributed by atoms with Crippen molar-refractivity contribution in [3.05, 3.63) is 0 Å². The third kappa shape index (κ3) is 10800. The van der Waals surface area contributed by atoms with Gasteiger partial charge in [0.2, 0.25) is 0 Å². The Morgan fingerprint density at radius 2 is 0.273 bits per heavy atom. The molecule has 0 aliphatic heterocycles. The third-order valence-corrected chi connectivity index (χ3v) is 0. The van der Waals surface area contributed by atoms with E-state index >= 15 is 0 Å². The second-order valence-electron chi connectivity index (χ2n) is 3.08. The average molecular weight is 670 g/mol. The van der Waals surface area contributed by atoms with Crippen molar-refractivity contribution in [1.29, 1.82) is 0 Å². The van der Waals surface area contributed by atoms with Gasteiger partial charge in [0.1, 0.15) is 0 Å². The standard InChI is InChI=1S/Ca.2FH.6H3O4P.2H/c;;;6*1-5(2,3)4;;/h;2*1H;6*(H3,1,2,3,4);;/q+2;;;;;;;;;2*-1. The molecule has 0 bridgehead atoms. The molecule has 0 rings (SSSR count). The van der Waals surface area contributed by atoms with Crippen molar-refractivity contribution in [2.24, 2.45) is 0 Å². The largest absolute Gasteiger partial charge is 2.00 e. The predicted octanol–water partition coefficient (Wildman–Crippen LogP) is -5.42. The van der Waals surface area contributed by atoms with Crippen molar-refractivity contribution in [3.8, 4) is 0 Å². The Kier molecular flexibility index (Phi) is 46.0. The van der Waals surface area contributed by atoms with E-state index in [1.807, 2.05) is 0 Å². The minimum atomic E-state index is -4.64. The van der Waals surface area contributed by atoms with Crippen molar-refractivity contribution < 1.29 is 128 Å². The minimum absolute atomic E-state index is 0. The summed E-state index contributed by atoms with van der Waals surface area (Å²) < 4.78 is 53.3. The molecular weight excluding hydrogens is 648 g/mol. The van der Waals surface area contributed by atoms with Gasteiger partial charge in [-0.3, -0.25) is 9.41 Å². The van der Waals surface area contributed by atoms with Crippen LogP contribution in [0.5, 0.6) is 0 Å². The number of hydrogen-bond donors (Lipinski definition) is 18. The Bertz CT molecular complexity index is 482. The fourth-order valence-corrected chi connectivity index (χ4v) is 0. The van der Waals surface area contributed by atoms with Gasteiger partial charge < -0.3 is 90.9 Å². The molecule has 33 heavy (non-hydrogen) atoms. The van der Waals surface area contributed by atoms with Gasteiger partial charge in [-0.1, -0.05) is 0 Å². The molecule has 0 spiro atoms. The number of halogens is 2. The molecule has 0 atom stereocenters. The molecule has 0 saturated carbocycles. The normalized spacial score (nSPS) is 10.7. The maximum atomic E-state index is 8.88. The topological polar surface area (TPSA) is 467 Å². The minimum Gasteiger partial charge on any atom is -1.00 e. The van der Waals surface area contributed by atoms with Gasteiger partial charge in [0.15, 0.2) is 0 Å². The van der Waals surface area contributed by atoms with Crippen LogP contribution >= 0.6 is 46.9 Å². The summed E-state index contributed by atoms with van der Waals surface area (Å²) >= 11 is 0. The fraction of sp³-hybridized carbons (Fsp3) is 0. The fourth-order valence-electron chi connectivity index (χ4n) is 0. The molecule has 0 aliphatic rings. The molecule has 24 nitrogen and oxygen atoms in total. The van der Waals surface area contributed by atoms with Crippen LogP contribution in [0.15, 0.2) is 0 Å². The van der Waals surface area contributed by atoms with E-state index in [1.54, 1.807) is 0 Å². The Balaban J connectivity index is -0.0000000213.